The molecule has 0 saturated heterocycles. The second kappa shape index (κ2) is 9.74. The minimum Gasteiger partial charge on any atom is -0.103 e. The first-order chi connectivity index (χ1) is 5.41. The van der Waals surface area contributed by atoms with Gasteiger partial charge in [-0.25, -0.2) is 0 Å². The Hall–Kier alpha value is -0.260. The van der Waals surface area contributed by atoms with Gasteiger partial charge in [-0.15, -0.1) is 6.58 Å². The van der Waals surface area contributed by atoms with Crippen LogP contribution in [0.15, 0.2) is 12.7 Å². The molecule has 0 N–H and O–H groups in total. The smallest absolute Gasteiger partial charge is 0.0353 e. The zero-order valence-corrected chi connectivity index (χ0v) is 7.65. The molecule has 0 heteroatoms. The molecule has 0 atom stereocenters. The summed E-state index contributed by atoms with van der Waals surface area (Å²) in [7, 11) is 0. The molecule has 0 saturated carbocycles. The molecule has 0 aromatic heterocycles. The molecule has 11 heavy (non-hydrogen) atoms. The van der Waals surface area contributed by atoms with Gasteiger partial charge in [-0.05, 0) is 12.8 Å². The molecule has 0 bridgehead atoms. The van der Waals surface area contributed by atoms with Crippen molar-refractivity contribution in [3.63, 3.8) is 0 Å². The highest BCUT2D eigenvalue weighted by Crippen LogP contribution is 2.07. The molecule has 0 aliphatic carbocycles. The van der Waals surface area contributed by atoms with Gasteiger partial charge in [0.05, 0.1) is 0 Å². The summed E-state index contributed by atoms with van der Waals surface area (Å²) in [5.41, 5.74) is 0. The van der Waals surface area contributed by atoms with Gasteiger partial charge in [-0.3, -0.25) is 0 Å². The van der Waals surface area contributed by atoms with Gasteiger partial charge in [0.25, 0.3) is 0 Å². The SMILES string of the molecule is [CH2]CCCCCCCCC=C. The van der Waals surface area contributed by atoms with E-state index in [0.29, 0.717) is 0 Å². The van der Waals surface area contributed by atoms with Gasteiger partial charge in [-0.2, -0.15) is 0 Å². The summed E-state index contributed by atoms with van der Waals surface area (Å²) in [6, 6.07) is 0. The predicted octanol–water partition coefficient (Wildman–Crippen LogP) is 4.13. The highest BCUT2D eigenvalue weighted by atomic mass is 13.9. The first kappa shape index (κ1) is 10.7. The summed E-state index contributed by atoms with van der Waals surface area (Å²) in [5.74, 6) is 0. The van der Waals surface area contributed by atoms with E-state index in [9.17, 15) is 0 Å². The number of rotatable bonds is 8. The summed E-state index contributed by atoms with van der Waals surface area (Å²) in [6.07, 6.45) is 12.5. The summed E-state index contributed by atoms with van der Waals surface area (Å²) < 4.78 is 0. The largest absolute Gasteiger partial charge is 0.103 e. The van der Waals surface area contributed by atoms with Gasteiger partial charge < -0.3 is 0 Å². The molecule has 0 rings (SSSR count). The van der Waals surface area contributed by atoms with E-state index in [-0.39, 0.29) is 0 Å². The van der Waals surface area contributed by atoms with Crippen LogP contribution in [-0.4, -0.2) is 0 Å². The first-order valence-electron chi connectivity index (χ1n) is 4.82. The monoisotopic (exact) mass is 153 g/mol. The summed E-state index contributed by atoms with van der Waals surface area (Å²) in [5, 5.41) is 0. The van der Waals surface area contributed by atoms with Crippen LogP contribution in [-0.2, 0) is 0 Å². The van der Waals surface area contributed by atoms with Crippen LogP contribution in [0.2, 0.25) is 0 Å². The van der Waals surface area contributed by atoms with Gasteiger partial charge in [0.2, 0.25) is 0 Å². The van der Waals surface area contributed by atoms with Gasteiger partial charge in [0, 0.05) is 0 Å². The topological polar surface area (TPSA) is 0 Å². The molecule has 65 valence electrons. The third kappa shape index (κ3) is 9.74. The first-order valence-corrected chi connectivity index (χ1v) is 4.82. The Morgan fingerprint density at radius 2 is 1.36 bits per heavy atom. The van der Waals surface area contributed by atoms with Crippen LogP contribution < -0.4 is 0 Å². The third-order valence-corrected chi connectivity index (χ3v) is 1.91. The molecule has 1 radical (unpaired) electrons. The lowest BCUT2D eigenvalue weighted by molar-refractivity contribution is 0.600. The lowest BCUT2D eigenvalue weighted by Crippen LogP contribution is -1.78. The maximum absolute atomic E-state index is 3.82. The fourth-order valence-electron chi connectivity index (χ4n) is 1.17. The maximum Gasteiger partial charge on any atom is -0.0353 e. The van der Waals surface area contributed by atoms with Crippen molar-refractivity contribution in [3.8, 4) is 0 Å². The van der Waals surface area contributed by atoms with E-state index >= 15 is 0 Å². The number of hydrogen-bond donors (Lipinski definition) is 0. The minimum atomic E-state index is 1.10. The lowest BCUT2D eigenvalue weighted by atomic mass is 10.1. The maximum atomic E-state index is 3.82. The fourth-order valence-corrected chi connectivity index (χ4v) is 1.17. The van der Waals surface area contributed by atoms with Crippen LogP contribution >= 0.6 is 0 Å². The molecular formula is C11H21. The van der Waals surface area contributed by atoms with E-state index in [4.69, 9.17) is 0 Å². The Morgan fingerprint density at radius 1 is 0.818 bits per heavy atom. The second-order valence-electron chi connectivity index (χ2n) is 3.05. The Balaban J connectivity index is 2.74. The Morgan fingerprint density at radius 3 is 1.91 bits per heavy atom. The molecule has 0 fully saturated rings. The van der Waals surface area contributed by atoms with Gasteiger partial charge >= 0.3 is 0 Å². The minimum absolute atomic E-state index is 1.10. The third-order valence-electron chi connectivity index (χ3n) is 1.91. The average Bonchev–Trinajstić information content (AvgIpc) is 2.03. The molecule has 0 aromatic rings. The van der Waals surface area contributed by atoms with Crippen molar-refractivity contribution < 1.29 is 0 Å². The van der Waals surface area contributed by atoms with Crippen molar-refractivity contribution in [2.24, 2.45) is 0 Å². The van der Waals surface area contributed by atoms with Crippen LogP contribution in [0.5, 0.6) is 0 Å². The van der Waals surface area contributed by atoms with Crippen LogP contribution in [0, 0.1) is 6.92 Å². The van der Waals surface area contributed by atoms with Crippen LogP contribution in [0.3, 0.4) is 0 Å². The zero-order chi connectivity index (χ0) is 8.36. The van der Waals surface area contributed by atoms with Crippen molar-refractivity contribution in [2.75, 3.05) is 0 Å². The van der Waals surface area contributed by atoms with Crippen molar-refractivity contribution in [1.29, 1.82) is 0 Å². The van der Waals surface area contributed by atoms with Gasteiger partial charge in [0.15, 0.2) is 0 Å². The van der Waals surface area contributed by atoms with Crippen LogP contribution in [0.25, 0.3) is 0 Å². The highest BCUT2D eigenvalue weighted by molar-refractivity contribution is 4.65. The molecule has 0 heterocycles. The zero-order valence-electron chi connectivity index (χ0n) is 7.65. The Bertz CT molecular complexity index is 74.1. The fraction of sp³-hybridized carbons (Fsp3) is 0.727. The molecule has 0 nitrogen and oxygen atoms in total. The van der Waals surface area contributed by atoms with Crippen molar-refractivity contribution in [2.45, 2.75) is 51.4 Å². The highest BCUT2D eigenvalue weighted by Gasteiger charge is 1.88. The Kier molecular flexibility index (Phi) is 9.51. The van der Waals surface area contributed by atoms with E-state index in [1.165, 1.54) is 44.9 Å². The normalized spacial score (nSPS) is 9.91. The molecule has 0 spiro atoms. The number of unbranched alkanes of at least 4 members (excludes halogenated alkanes) is 7. The average molecular weight is 153 g/mol. The Labute approximate surface area is 71.7 Å². The molecular weight excluding hydrogens is 132 g/mol. The summed E-state index contributed by atoms with van der Waals surface area (Å²) >= 11 is 0. The van der Waals surface area contributed by atoms with Crippen molar-refractivity contribution in [3.05, 3.63) is 19.6 Å². The summed E-state index contributed by atoms with van der Waals surface area (Å²) in [4.78, 5) is 0. The van der Waals surface area contributed by atoms with E-state index in [1.54, 1.807) is 0 Å². The predicted molar refractivity (Wildman–Crippen MR) is 52.5 cm³/mol. The molecule has 0 amide bonds. The quantitative estimate of drug-likeness (QED) is 0.363. The van der Waals surface area contributed by atoms with Crippen molar-refractivity contribution in [1.82, 2.24) is 0 Å². The van der Waals surface area contributed by atoms with E-state index < -0.39 is 0 Å². The second-order valence-corrected chi connectivity index (χ2v) is 3.05. The lowest BCUT2D eigenvalue weighted by Gasteiger charge is -1.98. The summed E-state index contributed by atoms with van der Waals surface area (Å²) in [6.45, 7) is 7.52. The van der Waals surface area contributed by atoms with Crippen LogP contribution in [0.4, 0.5) is 0 Å². The molecule has 0 unspecified atom stereocenters. The van der Waals surface area contributed by atoms with Crippen molar-refractivity contribution >= 4 is 0 Å². The molecule has 0 aliphatic rings. The number of allylic oxidation sites excluding steroid dienone is 1. The van der Waals surface area contributed by atoms with E-state index in [2.05, 4.69) is 13.5 Å². The van der Waals surface area contributed by atoms with Gasteiger partial charge in [-0.1, -0.05) is 51.5 Å². The molecule has 0 aromatic carbocycles. The molecule has 0 aliphatic heterocycles. The number of hydrogen-bond acceptors (Lipinski definition) is 0. The standard InChI is InChI=1S/C11H21/c1-3-5-7-9-11-10-8-6-4-2/h3H,1-2,4-11H2. The van der Waals surface area contributed by atoms with E-state index in [0.717, 1.165) is 6.42 Å². The van der Waals surface area contributed by atoms with Gasteiger partial charge in [0.1, 0.15) is 0 Å². The van der Waals surface area contributed by atoms with E-state index in [1.807, 2.05) is 6.08 Å². The van der Waals surface area contributed by atoms with Crippen LogP contribution in [0.1, 0.15) is 51.4 Å².